The minimum atomic E-state index is -3.83. The van der Waals surface area contributed by atoms with Crippen molar-refractivity contribution in [1.82, 2.24) is 4.90 Å². The van der Waals surface area contributed by atoms with Gasteiger partial charge < -0.3 is 4.90 Å². The predicted molar refractivity (Wildman–Crippen MR) is 115 cm³/mol. The summed E-state index contributed by atoms with van der Waals surface area (Å²) < 4.78 is 64.4. The molecule has 10 heteroatoms. The molecule has 0 N–H and O–H groups in total. The van der Waals surface area contributed by atoms with Crippen LogP contribution >= 0.6 is 11.6 Å². The topological polar surface area (TPSA) is 74.8 Å². The molecule has 0 spiro atoms. The highest BCUT2D eigenvalue weighted by molar-refractivity contribution is 7.96. The molecule has 2 saturated heterocycles. The highest BCUT2D eigenvalue weighted by Gasteiger charge is 2.48. The Hall–Kier alpha value is -1.68. The first-order valence-electron chi connectivity index (χ1n) is 9.60. The van der Waals surface area contributed by atoms with Crippen LogP contribution in [-0.4, -0.2) is 70.7 Å². The summed E-state index contributed by atoms with van der Waals surface area (Å²) in [5.41, 5.74) is 0.889. The van der Waals surface area contributed by atoms with Gasteiger partial charge in [-0.15, -0.1) is 0 Å². The zero-order valence-corrected chi connectivity index (χ0v) is 18.5. The van der Waals surface area contributed by atoms with Gasteiger partial charge in [0.2, 0.25) is 0 Å². The van der Waals surface area contributed by atoms with Gasteiger partial charge in [0, 0.05) is 42.9 Å². The van der Waals surface area contributed by atoms with Gasteiger partial charge in [0.15, 0.2) is 19.7 Å². The lowest BCUT2D eigenvalue weighted by atomic mass is 10.1. The van der Waals surface area contributed by atoms with Crippen LogP contribution in [0, 0.1) is 5.82 Å². The summed E-state index contributed by atoms with van der Waals surface area (Å²) in [6, 6.07) is 11.5. The molecule has 0 saturated carbocycles. The van der Waals surface area contributed by atoms with E-state index in [0.29, 0.717) is 31.2 Å². The summed E-state index contributed by atoms with van der Waals surface area (Å²) in [4.78, 5) is 4.13. The van der Waals surface area contributed by atoms with Crippen LogP contribution in [0.25, 0.3) is 0 Å². The number of anilines is 1. The van der Waals surface area contributed by atoms with Gasteiger partial charge in [-0.05, 0) is 48.5 Å². The molecule has 2 atom stereocenters. The fourth-order valence-electron chi connectivity index (χ4n) is 4.20. The zero-order valence-electron chi connectivity index (χ0n) is 16.1. The monoisotopic (exact) mass is 472 g/mol. The third-order valence-electron chi connectivity index (χ3n) is 5.79. The van der Waals surface area contributed by atoms with Gasteiger partial charge >= 0.3 is 0 Å². The van der Waals surface area contributed by atoms with E-state index < -0.39 is 31.0 Å². The SMILES string of the molecule is O=S1(=O)CC(N2CCN(c3ccc(F)cc3)CC2)C(S(=O)(=O)c2ccc(Cl)cc2)C1. The van der Waals surface area contributed by atoms with Gasteiger partial charge in [-0.25, -0.2) is 21.2 Å². The maximum atomic E-state index is 13.2. The number of halogens is 2. The molecule has 2 aliphatic rings. The fourth-order valence-corrected chi connectivity index (χ4v) is 9.15. The zero-order chi connectivity index (χ0) is 21.5. The van der Waals surface area contributed by atoms with Gasteiger partial charge in [0.1, 0.15) is 5.82 Å². The third kappa shape index (κ3) is 4.34. The maximum Gasteiger partial charge on any atom is 0.183 e. The van der Waals surface area contributed by atoms with E-state index in [-0.39, 0.29) is 22.2 Å². The van der Waals surface area contributed by atoms with Crippen molar-refractivity contribution in [2.75, 3.05) is 42.6 Å². The summed E-state index contributed by atoms with van der Waals surface area (Å²) in [6.45, 7) is 2.28. The Morgan fingerprint density at radius 1 is 0.900 bits per heavy atom. The molecule has 162 valence electrons. The number of hydrogen-bond donors (Lipinski definition) is 0. The van der Waals surface area contributed by atoms with E-state index >= 15 is 0 Å². The van der Waals surface area contributed by atoms with Crippen molar-refractivity contribution in [3.05, 3.63) is 59.4 Å². The van der Waals surface area contributed by atoms with Crippen LogP contribution in [0.5, 0.6) is 0 Å². The number of piperazine rings is 1. The van der Waals surface area contributed by atoms with Crippen molar-refractivity contribution < 1.29 is 21.2 Å². The van der Waals surface area contributed by atoms with E-state index in [9.17, 15) is 21.2 Å². The molecule has 2 fully saturated rings. The predicted octanol–water partition coefficient (Wildman–Crippen LogP) is 2.24. The van der Waals surface area contributed by atoms with Crippen LogP contribution in [0.3, 0.4) is 0 Å². The molecule has 0 radical (unpaired) electrons. The molecule has 0 amide bonds. The number of nitrogens with zero attached hydrogens (tertiary/aromatic N) is 2. The molecule has 2 aliphatic heterocycles. The second kappa shape index (κ2) is 8.11. The Labute approximate surface area is 181 Å². The lowest BCUT2D eigenvalue weighted by Crippen LogP contribution is -2.55. The highest BCUT2D eigenvalue weighted by Crippen LogP contribution is 2.30. The largest absolute Gasteiger partial charge is 0.369 e. The first kappa shape index (κ1) is 21.5. The molecule has 2 aromatic carbocycles. The smallest absolute Gasteiger partial charge is 0.183 e. The minimum absolute atomic E-state index is 0.0870. The summed E-state index contributed by atoms with van der Waals surface area (Å²) >= 11 is 5.87. The van der Waals surface area contributed by atoms with E-state index in [1.807, 2.05) is 4.90 Å². The summed E-state index contributed by atoms with van der Waals surface area (Å²) in [5.74, 6) is -0.842. The maximum absolute atomic E-state index is 13.2. The number of benzene rings is 2. The third-order valence-corrected chi connectivity index (χ3v) is 10.2. The number of rotatable bonds is 4. The van der Waals surface area contributed by atoms with Crippen LogP contribution < -0.4 is 4.90 Å². The van der Waals surface area contributed by atoms with Crippen LogP contribution in [0.2, 0.25) is 5.02 Å². The van der Waals surface area contributed by atoms with Gasteiger partial charge in [-0.2, -0.15) is 0 Å². The van der Waals surface area contributed by atoms with Crippen LogP contribution in [0.15, 0.2) is 53.4 Å². The lowest BCUT2D eigenvalue weighted by molar-refractivity contribution is 0.201. The lowest BCUT2D eigenvalue weighted by Gasteiger charge is -2.40. The van der Waals surface area contributed by atoms with E-state index in [2.05, 4.69) is 4.90 Å². The van der Waals surface area contributed by atoms with Crippen molar-refractivity contribution in [2.24, 2.45) is 0 Å². The Kier molecular flexibility index (Phi) is 5.82. The average molecular weight is 473 g/mol. The van der Waals surface area contributed by atoms with Crippen molar-refractivity contribution in [3.63, 3.8) is 0 Å². The van der Waals surface area contributed by atoms with Crippen molar-refractivity contribution in [3.8, 4) is 0 Å². The van der Waals surface area contributed by atoms with Crippen molar-refractivity contribution >= 4 is 37.0 Å². The molecule has 0 bridgehead atoms. The molecule has 0 aromatic heterocycles. The Bertz CT molecular complexity index is 1110. The summed E-state index contributed by atoms with van der Waals surface area (Å²) in [5, 5.41) is -0.595. The summed E-state index contributed by atoms with van der Waals surface area (Å²) in [7, 11) is -7.30. The quantitative estimate of drug-likeness (QED) is 0.679. The molecule has 2 unspecified atom stereocenters. The highest BCUT2D eigenvalue weighted by atomic mass is 35.5. The fraction of sp³-hybridized carbons (Fsp3) is 0.400. The van der Waals surface area contributed by atoms with Gasteiger partial charge in [-0.1, -0.05) is 11.6 Å². The molecular formula is C20H22ClFN2O4S2. The molecule has 4 rings (SSSR count). The summed E-state index contributed by atoms with van der Waals surface area (Å²) in [6.07, 6.45) is 0. The van der Waals surface area contributed by atoms with Crippen molar-refractivity contribution in [1.29, 1.82) is 0 Å². The Balaban J connectivity index is 1.53. The molecule has 2 heterocycles. The second-order valence-corrected chi connectivity index (χ2v) is 12.4. The van der Waals surface area contributed by atoms with E-state index in [0.717, 1.165) is 5.69 Å². The number of hydrogen-bond acceptors (Lipinski definition) is 6. The minimum Gasteiger partial charge on any atom is -0.369 e. The Morgan fingerprint density at radius 2 is 1.50 bits per heavy atom. The van der Waals surface area contributed by atoms with Crippen LogP contribution in [-0.2, 0) is 19.7 Å². The van der Waals surface area contributed by atoms with Gasteiger partial charge in [0.05, 0.1) is 21.7 Å². The van der Waals surface area contributed by atoms with Crippen LogP contribution in [0.4, 0.5) is 10.1 Å². The normalized spacial score (nSPS) is 24.8. The van der Waals surface area contributed by atoms with Crippen molar-refractivity contribution in [2.45, 2.75) is 16.2 Å². The number of sulfone groups is 2. The standard InChI is InChI=1S/C20H22ClFN2O4S2/c21-15-1-7-18(8-2-15)30(27,28)20-14-29(25,26)13-19(20)24-11-9-23(10-12-24)17-5-3-16(22)4-6-17/h1-8,19-20H,9-14H2. The van der Waals surface area contributed by atoms with E-state index in [1.54, 1.807) is 12.1 Å². The van der Waals surface area contributed by atoms with Gasteiger partial charge in [0.25, 0.3) is 0 Å². The molecule has 2 aromatic rings. The van der Waals surface area contributed by atoms with E-state index in [1.165, 1.54) is 36.4 Å². The molecule has 6 nitrogen and oxygen atoms in total. The molecule has 0 aliphatic carbocycles. The molecular weight excluding hydrogens is 451 g/mol. The van der Waals surface area contributed by atoms with E-state index in [4.69, 9.17) is 11.6 Å². The van der Waals surface area contributed by atoms with Crippen LogP contribution in [0.1, 0.15) is 0 Å². The Morgan fingerprint density at radius 3 is 2.10 bits per heavy atom. The first-order chi connectivity index (χ1) is 14.2. The first-order valence-corrected chi connectivity index (χ1v) is 13.3. The molecule has 30 heavy (non-hydrogen) atoms. The van der Waals surface area contributed by atoms with Gasteiger partial charge in [-0.3, -0.25) is 4.90 Å². The average Bonchev–Trinajstić information content (AvgIpc) is 3.05. The second-order valence-electron chi connectivity index (χ2n) is 7.68.